The summed E-state index contributed by atoms with van der Waals surface area (Å²) in [7, 11) is 1.40. The predicted octanol–water partition coefficient (Wildman–Crippen LogP) is 4.16. The summed E-state index contributed by atoms with van der Waals surface area (Å²) < 4.78 is 59.1. The molecule has 0 saturated carbocycles. The Morgan fingerprint density at radius 3 is 2.64 bits per heavy atom. The first-order valence-electron chi connectivity index (χ1n) is 7.26. The fourth-order valence-corrected chi connectivity index (χ4v) is 2.41. The zero-order chi connectivity index (χ0) is 18.0. The Kier molecular flexibility index (Phi) is 4.43. The Bertz CT molecular complexity index is 876. The topological polar surface area (TPSA) is 39.9 Å². The molecular weight excluding hydrogens is 338 g/mol. The van der Waals surface area contributed by atoms with E-state index in [0.29, 0.717) is 12.3 Å². The van der Waals surface area contributed by atoms with Crippen LogP contribution in [0.15, 0.2) is 48.9 Å². The van der Waals surface area contributed by atoms with E-state index >= 15 is 0 Å². The number of benzene rings is 1. The van der Waals surface area contributed by atoms with Crippen LogP contribution in [0.5, 0.6) is 5.75 Å². The van der Waals surface area contributed by atoms with Crippen LogP contribution in [0.25, 0.3) is 11.3 Å². The van der Waals surface area contributed by atoms with Crippen molar-refractivity contribution in [2.45, 2.75) is 12.7 Å². The second-order valence-corrected chi connectivity index (χ2v) is 5.29. The molecule has 0 bridgehead atoms. The molecule has 0 unspecified atom stereocenters. The summed E-state index contributed by atoms with van der Waals surface area (Å²) in [4.78, 5) is 4.20. The van der Waals surface area contributed by atoms with Crippen molar-refractivity contribution in [3.8, 4) is 17.0 Å². The Morgan fingerprint density at radius 2 is 2.00 bits per heavy atom. The van der Waals surface area contributed by atoms with Crippen LogP contribution in [-0.2, 0) is 12.7 Å². The van der Waals surface area contributed by atoms with E-state index in [9.17, 15) is 17.6 Å². The van der Waals surface area contributed by atoms with Crippen molar-refractivity contribution >= 4 is 0 Å². The van der Waals surface area contributed by atoms with Crippen LogP contribution in [0.1, 0.15) is 11.1 Å². The largest absolute Gasteiger partial charge is 0.494 e. The average Bonchev–Trinajstić information content (AvgIpc) is 3.07. The molecule has 0 amide bonds. The highest BCUT2D eigenvalue weighted by molar-refractivity contribution is 5.67. The monoisotopic (exact) mass is 351 g/mol. The third-order valence-corrected chi connectivity index (χ3v) is 3.58. The quantitative estimate of drug-likeness (QED) is 0.663. The molecule has 0 atom stereocenters. The molecule has 0 aliphatic rings. The van der Waals surface area contributed by atoms with Gasteiger partial charge in [0.25, 0.3) is 0 Å². The molecule has 0 fully saturated rings. The summed E-state index contributed by atoms with van der Waals surface area (Å²) in [5, 5.41) is 4.08. The normalized spacial score (nSPS) is 11.6. The summed E-state index contributed by atoms with van der Waals surface area (Å²) in [5.41, 5.74) is -0.245. The number of ether oxygens (including phenoxy) is 1. The van der Waals surface area contributed by atoms with Gasteiger partial charge in [-0.25, -0.2) is 4.39 Å². The number of pyridine rings is 1. The van der Waals surface area contributed by atoms with Crippen molar-refractivity contribution in [2.75, 3.05) is 7.11 Å². The van der Waals surface area contributed by atoms with Crippen LogP contribution in [0.3, 0.4) is 0 Å². The Morgan fingerprint density at radius 1 is 1.20 bits per heavy atom. The first-order chi connectivity index (χ1) is 11.9. The van der Waals surface area contributed by atoms with E-state index in [-0.39, 0.29) is 11.3 Å². The van der Waals surface area contributed by atoms with Gasteiger partial charge in [-0.05, 0) is 35.9 Å². The molecule has 2 aromatic heterocycles. The van der Waals surface area contributed by atoms with Crippen molar-refractivity contribution in [2.24, 2.45) is 0 Å². The average molecular weight is 351 g/mol. The molecule has 2 heterocycles. The van der Waals surface area contributed by atoms with Gasteiger partial charge < -0.3 is 4.74 Å². The van der Waals surface area contributed by atoms with Crippen molar-refractivity contribution < 1.29 is 22.3 Å². The van der Waals surface area contributed by atoms with Gasteiger partial charge in [0.2, 0.25) is 0 Å². The highest BCUT2D eigenvalue weighted by Crippen LogP contribution is 2.36. The standard InChI is InChI=1S/C17H13F4N3O/c1-25-15-7-11(10-24-6-2-5-23-24)9-22-16(15)12-3-4-14(18)13(8-12)17(19,20)21/h2-9H,10H2,1H3. The summed E-state index contributed by atoms with van der Waals surface area (Å²) in [6.07, 6.45) is 0.149. The van der Waals surface area contributed by atoms with E-state index in [4.69, 9.17) is 4.74 Å². The van der Waals surface area contributed by atoms with Gasteiger partial charge in [0.1, 0.15) is 17.3 Å². The second-order valence-electron chi connectivity index (χ2n) is 5.29. The molecule has 0 radical (unpaired) electrons. The van der Waals surface area contributed by atoms with Gasteiger partial charge in [-0.1, -0.05) is 0 Å². The molecule has 0 aliphatic heterocycles. The molecular formula is C17H13F4N3O. The van der Waals surface area contributed by atoms with Crippen molar-refractivity contribution in [3.05, 3.63) is 65.9 Å². The molecule has 0 N–H and O–H groups in total. The summed E-state index contributed by atoms with van der Waals surface area (Å²) in [6, 6.07) is 6.18. The number of halogens is 4. The zero-order valence-corrected chi connectivity index (χ0v) is 13.1. The van der Waals surface area contributed by atoms with E-state index in [0.717, 1.165) is 17.7 Å². The molecule has 3 aromatic rings. The number of hydrogen-bond donors (Lipinski definition) is 0. The molecule has 0 saturated heterocycles. The number of methoxy groups -OCH3 is 1. The summed E-state index contributed by atoms with van der Waals surface area (Å²) >= 11 is 0. The minimum Gasteiger partial charge on any atom is -0.494 e. The summed E-state index contributed by atoms with van der Waals surface area (Å²) in [6.45, 7) is 0.438. The lowest BCUT2D eigenvalue weighted by molar-refractivity contribution is -0.139. The lowest BCUT2D eigenvalue weighted by Gasteiger charge is -2.13. The Hall–Kier alpha value is -2.90. The number of rotatable bonds is 4. The van der Waals surface area contributed by atoms with Gasteiger partial charge in [0, 0.05) is 24.2 Å². The molecule has 4 nitrogen and oxygen atoms in total. The molecule has 8 heteroatoms. The van der Waals surface area contributed by atoms with Crippen LogP contribution in [0.4, 0.5) is 17.6 Å². The van der Waals surface area contributed by atoms with E-state index in [1.54, 1.807) is 29.2 Å². The first-order valence-corrected chi connectivity index (χ1v) is 7.26. The van der Waals surface area contributed by atoms with E-state index in [1.807, 2.05) is 0 Å². The maximum atomic E-state index is 13.5. The smallest absolute Gasteiger partial charge is 0.419 e. The number of hydrogen-bond acceptors (Lipinski definition) is 3. The Labute approximate surface area is 140 Å². The van der Waals surface area contributed by atoms with Crippen LogP contribution in [0.2, 0.25) is 0 Å². The van der Waals surface area contributed by atoms with E-state index in [1.165, 1.54) is 19.4 Å². The minimum absolute atomic E-state index is 0.121. The van der Waals surface area contributed by atoms with Crippen LogP contribution in [-0.4, -0.2) is 21.9 Å². The van der Waals surface area contributed by atoms with Crippen LogP contribution >= 0.6 is 0 Å². The van der Waals surface area contributed by atoms with Crippen LogP contribution < -0.4 is 4.74 Å². The third kappa shape index (κ3) is 3.62. The van der Waals surface area contributed by atoms with Gasteiger partial charge in [-0.2, -0.15) is 18.3 Å². The van der Waals surface area contributed by atoms with E-state index in [2.05, 4.69) is 10.1 Å². The van der Waals surface area contributed by atoms with Crippen LogP contribution in [0, 0.1) is 5.82 Å². The summed E-state index contributed by atoms with van der Waals surface area (Å²) in [5.74, 6) is -1.03. The molecule has 25 heavy (non-hydrogen) atoms. The van der Waals surface area contributed by atoms with Gasteiger partial charge in [0.15, 0.2) is 0 Å². The fourth-order valence-electron chi connectivity index (χ4n) is 2.41. The number of nitrogens with zero attached hydrogens (tertiary/aromatic N) is 3. The molecule has 1 aromatic carbocycles. The number of aromatic nitrogens is 3. The third-order valence-electron chi connectivity index (χ3n) is 3.58. The van der Waals surface area contributed by atoms with Crippen molar-refractivity contribution in [3.63, 3.8) is 0 Å². The highest BCUT2D eigenvalue weighted by Gasteiger charge is 2.34. The molecule has 0 spiro atoms. The van der Waals surface area contributed by atoms with Gasteiger partial charge in [0.05, 0.1) is 19.2 Å². The van der Waals surface area contributed by atoms with Crippen molar-refractivity contribution in [1.82, 2.24) is 14.8 Å². The molecule has 130 valence electrons. The van der Waals surface area contributed by atoms with Gasteiger partial charge in [-0.15, -0.1) is 0 Å². The number of alkyl halides is 3. The highest BCUT2D eigenvalue weighted by atomic mass is 19.4. The predicted molar refractivity (Wildman–Crippen MR) is 82.5 cm³/mol. The molecule has 0 aliphatic carbocycles. The van der Waals surface area contributed by atoms with Gasteiger partial charge >= 0.3 is 6.18 Å². The Balaban J connectivity index is 2.00. The zero-order valence-electron chi connectivity index (χ0n) is 13.1. The maximum absolute atomic E-state index is 13.5. The minimum atomic E-state index is -4.78. The molecule has 3 rings (SSSR count). The maximum Gasteiger partial charge on any atom is 0.419 e. The SMILES string of the molecule is COc1cc(Cn2cccn2)cnc1-c1ccc(F)c(C(F)(F)F)c1. The second kappa shape index (κ2) is 6.54. The fraction of sp³-hybridized carbons (Fsp3) is 0.176. The van der Waals surface area contributed by atoms with Crippen molar-refractivity contribution in [1.29, 1.82) is 0 Å². The van der Waals surface area contributed by atoms with Gasteiger partial charge in [-0.3, -0.25) is 9.67 Å². The first kappa shape index (κ1) is 16.9. The lowest BCUT2D eigenvalue weighted by Crippen LogP contribution is -2.08. The lowest BCUT2D eigenvalue weighted by atomic mass is 10.0. The van der Waals surface area contributed by atoms with E-state index < -0.39 is 17.6 Å².